The Bertz CT molecular complexity index is 389. The molecule has 0 fully saturated rings. The van der Waals surface area contributed by atoms with Gasteiger partial charge < -0.3 is 5.73 Å². The fourth-order valence-electron chi connectivity index (χ4n) is 1.05. The molecule has 0 bridgehead atoms. The molecule has 0 radical (unpaired) electrons. The van der Waals surface area contributed by atoms with Crippen LogP contribution in [0.1, 0.15) is 0 Å². The normalized spacial score (nSPS) is 8.00. The summed E-state index contributed by atoms with van der Waals surface area (Å²) in [6.07, 6.45) is 1.70. The van der Waals surface area contributed by atoms with E-state index in [4.69, 9.17) is 5.73 Å². The molecule has 2 rings (SSSR count). The van der Waals surface area contributed by atoms with E-state index >= 15 is 0 Å². The van der Waals surface area contributed by atoms with Gasteiger partial charge in [0, 0.05) is 10.8 Å². The van der Waals surface area contributed by atoms with E-state index in [1.165, 1.54) is 0 Å². The van der Waals surface area contributed by atoms with Gasteiger partial charge >= 0.3 is 0 Å². The Labute approximate surface area is 100 Å². The first-order valence-electron chi connectivity index (χ1n) is 3.34. The molecule has 0 aliphatic carbocycles. The van der Waals surface area contributed by atoms with E-state index in [0.29, 0.717) is 5.82 Å². The SMILES string of the molecule is Cl.Cl.Cl.Nc1nncc2ccccc12. The molecule has 1 aromatic carbocycles. The zero-order valence-corrected chi connectivity index (χ0v) is 9.53. The van der Waals surface area contributed by atoms with Crippen LogP contribution in [0, 0.1) is 0 Å². The lowest BCUT2D eigenvalue weighted by atomic mass is 10.2. The third kappa shape index (κ3) is 2.87. The average molecular weight is 255 g/mol. The number of nitrogens with zero attached hydrogens (tertiary/aromatic N) is 2. The van der Waals surface area contributed by atoms with Crippen molar-refractivity contribution in [3.05, 3.63) is 30.5 Å². The monoisotopic (exact) mass is 253 g/mol. The van der Waals surface area contributed by atoms with Crippen LogP contribution in [-0.4, -0.2) is 10.2 Å². The Morgan fingerprint density at radius 1 is 1.00 bits per heavy atom. The summed E-state index contributed by atoms with van der Waals surface area (Å²) in [5.74, 6) is 0.489. The summed E-state index contributed by atoms with van der Waals surface area (Å²) in [6, 6.07) is 7.77. The molecule has 0 atom stereocenters. The van der Waals surface area contributed by atoms with E-state index in [0.717, 1.165) is 10.8 Å². The van der Waals surface area contributed by atoms with Crippen molar-refractivity contribution in [3.8, 4) is 0 Å². The molecular weight excluding hydrogens is 244 g/mol. The Morgan fingerprint density at radius 2 is 1.64 bits per heavy atom. The molecule has 3 nitrogen and oxygen atoms in total. The summed E-state index contributed by atoms with van der Waals surface area (Å²) in [7, 11) is 0. The van der Waals surface area contributed by atoms with Crippen molar-refractivity contribution in [1.82, 2.24) is 10.2 Å². The number of hydrogen-bond acceptors (Lipinski definition) is 3. The average Bonchev–Trinajstić information content (AvgIpc) is 2.06. The summed E-state index contributed by atoms with van der Waals surface area (Å²) in [4.78, 5) is 0. The maximum Gasteiger partial charge on any atom is 0.153 e. The minimum atomic E-state index is 0. The second-order valence-corrected chi connectivity index (χ2v) is 2.32. The Balaban J connectivity index is 0. The maximum atomic E-state index is 5.58. The van der Waals surface area contributed by atoms with Crippen LogP contribution in [0.25, 0.3) is 10.8 Å². The number of rotatable bonds is 0. The molecule has 0 saturated carbocycles. The van der Waals surface area contributed by atoms with Crippen molar-refractivity contribution in [2.24, 2.45) is 0 Å². The van der Waals surface area contributed by atoms with Crippen LogP contribution in [0.15, 0.2) is 30.5 Å². The second-order valence-electron chi connectivity index (χ2n) is 2.32. The third-order valence-corrected chi connectivity index (χ3v) is 1.60. The number of anilines is 1. The Morgan fingerprint density at radius 3 is 2.29 bits per heavy atom. The molecule has 0 amide bonds. The van der Waals surface area contributed by atoms with Crippen molar-refractivity contribution < 1.29 is 0 Å². The minimum absolute atomic E-state index is 0. The van der Waals surface area contributed by atoms with Crippen LogP contribution in [0.2, 0.25) is 0 Å². The van der Waals surface area contributed by atoms with Crippen LogP contribution in [0.5, 0.6) is 0 Å². The third-order valence-electron chi connectivity index (χ3n) is 1.60. The molecular formula is C8H10Cl3N3. The van der Waals surface area contributed by atoms with E-state index in [1.54, 1.807) is 6.20 Å². The van der Waals surface area contributed by atoms with Gasteiger partial charge in [0.25, 0.3) is 0 Å². The van der Waals surface area contributed by atoms with Gasteiger partial charge in [0.05, 0.1) is 6.20 Å². The smallest absolute Gasteiger partial charge is 0.153 e. The van der Waals surface area contributed by atoms with Gasteiger partial charge in [0.1, 0.15) is 0 Å². The maximum absolute atomic E-state index is 5.58. The van der Waals surface area contributed by atoms with Crippen LogP contribution in [-0.2, 0) is 0 Å². The lowest BCUT2D eigenvalue weighted by Gasteiger charge is -1.96. The highest BCUT2D eigenvalue weighted by Crippen LogP contribution is 2.15. The molecule has 0 spiro atoms. The minimum Gasteiger partial charge on any atom is -0.382 e. The van der Waals surface area contributed by atoms with Gasteiger partial charge in [-0.15, -0.1) is 42.3 Å². The first-order valence-corrected chi connectivity index (χ1v) is 3.34. The van der Waals surface area contributed by atoms with Gasteiger partial charge in [-0.3, -0.25) is 0 Å². The molecule has 14 heavy (non-hydrogen) atoms. The zero-order valence-electron chi connectivity index (χ0n) is 7.08. The molecule has 78 valence electrons. The number of nitrogen functional groups attached to an aromatic ring is 1. The van der Waals surface area contributed by atoms with Crippen LogP contribution >= 0.6 is 37.2 Å². The fraction of sp³-hybridized carbons (Fsp3) is 0. The molecule has 0 aliphatic rings. The topological polar surface area (TPSA) is 51.8 Å². The number of hydrogen-bond donors (Lipinski definition) is 1. The van der Waals surface area contributed by atoms with Crippen molar-refractivity contribution in [3.63, 3.8) is 0 Å². The first kappa shape index (κ1) is 15.7. The Kier molecular flexibility index (Phi) is 7.45. The van der Waals surface area contributed by atoms with Gasteiger partial charge in [-0.25, -0.2) is 0 Å². The van der Waals surface area contributed by atoms with Gasteiger partial charge in [0.15, 0.2) is 5.82 Å². The number of fused-ring (bicyclic) bond motifs is 1. The van der Waals surface area contributed by atoms with Crippen molar-refractivity contribution in [1.29, 1.82) is 0 Å². The number of halogens is 3. The quantitative estimate of drug-likeness (QED) is 0.786. The summed E-state index contributed by atoms with van der Waals surface area (Å²) < 4.78 is 0. The summed E-state index contributed by atoms with van der Waals surface area (Å²) in [5, 5.41) is 9.46. The summed E-state index contributed by atoms with van der Waals surface area (Å²) >= 11 is 0. The summed E-state index contributed by atoms with van der Waals surface area (Å²) in [5.41, 5.74) is 5.58. The van der Waals surface area contributed by atoms with E-state index < -0.39 is 0 Å². The highest BCUT2D eigenvalue weighted by atomic mass is 35.5. The second kappa shape index (κ2) is 6.65. The standard InChI is InChI=1S/C8H7N3.3ClH/c9-8-7-4-2-1-3-6(7)5-10-11-8;;;/h1-5H,(H2,9,11);3*1H. The highest BCUT2D eigenvalue weighted by molar-refractivity contribution is 5.89. The summed E-state index contributed by atoms with van der Waals surface area (Å²) in [6.45, 7) is 0. The number of nitrogens with two attached hydrogens (primary N) is 1. The van der Waals surface area contributed by atoms with Gasteiger partial charge in [-0.1, -0.05) is 24.3 Å². The number of aromatic nitrogens is 2. The highest BCUT2D eigenvalue weighted by Gasteiger charge is 1.95. The molecule has 1 heterocycles. The molecule has 1 aromatic heterocycles. The molecule has 0 saturated heterocycles. The largest absolute Gasteiger partial charge is 0.382 e. The molecule has 2 N–H and O–H groups in total. The predicted molar refractivity (Wildman–Crippen MR) is 65.7 cm³/mol. The van der Waals surface area contributed by atoms with Gasteiger partial charge in [0.2, 0.25) is 0 Å². The van der Waals surface area contributed by atoms with E-state index in [2.05, 4.69) is 10.2 Å². The molecule has 2 aromatic rings. The fourth-order valence-corrected chi connectivity index (χ4v) is 1.05. The van der Waals surface area contributed by atoms with E-state index in [-0.39, 0.29) is 37.2 Å². The zero-order chi connectivity index (χ0) is 7.68. The Hall–Kier alpha value is -0.770. The van der Waals surface area contributed by atoms with Crippen molar-refractivity contribution >= 4 is 53.8 Å². The first-order chi connectivity index (χ1) is 5.38. The van der Waals surface area contributed by atoms with Crippen LogP contribution < -0.4 is 5.73 Å². The lowest BCUT2D eigenvalue weighted by Crippen LogP contribution is -1.92. The molecule has 6 heteroatoms. The van der Waals surface area contributed by atoms with E-state index in [9.17, 15) is 0 Å². The predicted octanol–water partition coefficient (Wildman–Crippen LogP) is 2.48. The lowest BCUT2D eigenvalue weighted by molar-refractivity contribution is 1.06. The van der Waals surface area contributed by atoms with Crippen molar-refractivity contribution in [2.75, 3.05) is 5.73 Å². The van der Waals surface area contributed by atoms with E-state index in [1.807, 2.05) is 24.3 Å². The molecule has 0 unspecified atom stereocenters. The van der Waals surface area contributed by atoms with Gasteiger partial charge in [-0.2, -0.15) is 5.10 Å². The van der Waals surface area contributed by atoms with Crippen molar-refractivity contribution in [2.45, 2.75) is 0 Å². The van der Waals surface area contributed by atoms with Crippen LogP contribution in [0.3, 0.4) is 0 Å². The van der Waals surface area contributed by atoms with Crippen LogP contribution in [0.4, 0.5) is 5.82 Å². The number of benzene rings is 1. The molecule has 0 aliphatic heterocycles. The van der Waals surface area contributed by atoms with Gasteiger partial charge in [-0.05, 0) is 0 Å².